The number of hydrogen-bond donors (Lipinski definition) is 1. The van der Waals surface area contributed by atoms with Gasteiger partial charge in [-0.3, -0.25) is 19.3 Å². The van der Waals surface area contributed by atoms with Crippen LogP contribution < -0.4 is 5.32 Å². The molecule has 5 nitrogen and oxygen atoms in total. The number of hydrogen-bond acceptors (Lipinski definition) is 5. The van der Waals surface area contributed by atoms with Crippen molar-refractivity contribution < 1.29 is 14.4 Å². The smallest absolute Gasteiger partial charge is 0.294 e. The zero-order valence-electron chi connectivity index (χ0n) is 13.8. The minimum atomic E-state index is -0.442. The van der Waals surface area contributed by atoms with Crippen molar-refractivity contribution in [1.29, 1.82) is 0 Å². The lowest BCUT2D eigenvalue weighted by Gasteiger charge is -2.17. The molecule has 0 saturated carbocycles. The third kappa shape index (κ3) is 4.35. The highest BCUT2D eigenvalue weighted by Crippen LogP contribution is 2.32. The Morgan fingerprint density at radius 2 is 2.00 bits per heavy atom. The standard InChI is InChI=1S/C18H15ClN2O3S2/c1-11(12-4-6-13(19)7-5-12)20-16(22)10-21-17(23)15(26-18(21)24)9-14-3-2-8-25-14/h2-9,11H,10H2,1H3,(H,20,22). The van der Waals surface area contributed by atoms with E-state index in [0.717, 1.165) is 27.1 Å². The van der Waals surface area contributed by atoms with Crippen LogP contribution in [0.1, 0.15) is 23.4 Å². The third-order valence-electron chi connectivity index (χ3n) is 3.74. The number of rotatable bonds is 5. The summed E-state index contributed by atoms with van der Waals surface area (Å²) in [5, 5.41) is 4.86. The summed E-state index contributed by atoms with van der Waals surface area (Å²) >= 11 is 8.18. The van der Waals surface area contributed by atoms with Crippen molar-refractivity contribution in [2.45, 2.75) is 13.0 Å². The van der Waals surface area contributed by atoms with Crippen LogP contribution in [0.4, 0.5) is 4.79 Å². The first-order valence-electron chi connectivity index (χ1n) is 7.78. The maximum Gasteiger partial charge on any atom is 0.294 e. The van der Waals surface area contributed by atoms with Gasteiger partial charge in [0, 0.05) is 9.90 Å². The van der Waals surface area contributed by atoms with Crippen LogP contribution >= 0.6 is 34.7 Å². The largest absolute Gasteiger partial charge is 0.348 e. The Labute approximate surface area is 164 Å². The first kappa shape index (κ1) is 18.7. The second kappa shape index (κ2) is 8.07. The molecule has 1 aromatic heterocycles. The Balaban J connectivity index is 1.62. The quantitative estimate of drug-likeness (QED) is 0.751. The van der Waals surface area contributed by atoms with Crippen LogP contribution in [0.2, 0.25) is 5.02 Å². The van der Waals surface area contributed by atoms with Crippen molar-refractivity contribution >= 4 is 57.8 Å². The van der Waals surface area contributed by atoms with E-state index in [0.29, 0.717) is 9.93 Å². The molecule has 8 heteroatoms. The van der Waals surface area contributed by atoms with Crippen LogP contribution in [0.15, 0.2) is 46.7 Å². The average Bonchev–Trinajstić information content (AvgIpc) is 3.20. The number of carbonyl (C=O) groups is 3. The SMILES string of the molecule is CC(NC(=O)CN1C(=O)SC(=Cc2cccs2)C1=O)c1ccc(Cl)cc1. The predicted octanol–water partition coefficient (Wildman–Crippen LogP) is 4.32. The highest BCUT2D eigenvalue weighted by molar-refractivity contribution is 8.18. The first-order valence-corrected chi connectivity index (χ1v) is 9.85. The third-order valence-corrected chi connectivity index (χ3v) is 5.72. The molecular weight excluding hydrogens is 392 g/mol. The van der Waals surface area contributed by atoms with Gasteiger partial charge in [0.25, 0.3) is 11.1 Å². The molecular formula is C18H15ClN2O3S2. The zero-order valence-corrected chi connectivity index (χ0v) is 16.2. The van der Waals surface area contributed by atoms with Crippen molar-refractivity contribution in [2.75, 3.05) is 6.54 Å². The summed E-state index contributed by atoms with van der Waals surface area (Å²) < 4.78 is 0. The van der Waals surface area contributed by atoms with Gasteiger partial charge >= 0.3 is 0 Å². The van der Waals surface area contributed by atoms with Gasteiger partial charge in [-0.1, -0.05) is 29.8 Å². The molecule has 1 N–H and O–H groups in total. The minimum Gasteiger partial charge on any atom is -0.348 e. The summed E-state index contributed by atoms with van der Waals surface area (Å²) in [5.41, 5.74) is 0.884. The second-order valence-electron chi connectivity index (χ2n) is 5.62. The predicted molar refractivity (Wildman–Crippen MR) is 105 cm³/mol. The maximum atomic E-state index is 12.4. The van der Waals surface area contributed by atoms with E-state index >= 15 is 0 Å². The normalized spacial score (nSPS) is 17.0. The molecule has 0 aliphatic carbocycles. The molecule has 1 atom stereocenters. The van der Waals surface area contributed by atoms with E-state index in [-0.39, 0.29) is 12.6 Å². The van der Waals surface area contributed by atoms with Crippen molar-refractivity contribution in [3.63, 3.8) is 0 Å². The fraction of sp³-hybridized carbons (Fsp3) is 0.167. The topological polar surface area (TPSA) is 66.5 Å². The Morgan fingerprint density at radius 3 is 2.65 bits per heavy atom. The van der Waals surface area contributed by atoms with Crippen LogP contribution in [0.3, 0.4) is 0 Å². The van der Waals surface area contributed by atoms with Crippen LogP contribution in [0, 0.1) is 0 Å². The molecule has 2 heterocycles. The van der Waals surface area contributed by atoms with Gasteiger partial charge in [0.05, 0.1) is 10.9 Å². The van der Waals surface area contributed by atoms with Crippen LogP contribution in [-0.4, -0.2) is 28.5 Å². The number of benzene rings is 1. The average molecular weight is 407 g/mol. The Kier molecular flexibility index (Phi) is 5.80. The molecule has 1 aromatic carbocycles. The molecule has 0 spiro atoms. The van der Waals surface area contributed by atoms with Gasteiger partial charge in [0.2, 0.25) is 5.91 Å². The van der Waals surface area contributed by atoms with Crippen molar-refractivity contribution in [1.82, 2.24) is 10.2 Å². The lowest BCUT2D eigenvalue weighted by atomic mass is 10.1. The van der Waals surface area contributed by atoms with E-state index in [2.05, 4.69) is 5.32 Å². The Hall–Kier alpha value is -2.09. The second-order valence-corrected chi connectivity index (χ2v) is 8.03. The molecule has 134 valence electrons. The molecule has 2 aromatic rings. The summed E-state index contributed by atoms with van der Waals surface area (Å²) in [5.74, 6) is -0.838. The van der Waals surface area contributed by atoms with Crippen molar-refractivity contribution in [3.8, 4) is 0 Å². The van der Waals surface area contributed by atoms with E-state index < -0.39 is 17.1 Å². The molecule has 3 amide bonds. The highest BCUT2D eigenvalue weighted by atomic mass is 35.5. The molecule has 1 aliphatic heterocycles. The minimum absolute atomic E-state index is 0.263. The summed E-state index contributed by atoms with van der Waals surface area (Å²) in [6.45, 7) is 1.52. The number of halogens is 1. The van der Waals surface area contributed by atoms with Gasteiger partial charge in [-0.2, -0.15) is 0 Å². The summed E-state index contributed by atoms with van der Waals surface area (Å²) in [6.07, 6.45) is 1.67. The molecule has 3 rings (SSSR count). The number of thioether (sulfide) groups is 1. The summed E-state index contributed by atoms with van der Waals surface area (Å²) in [6, 6.07) is 10.6. The van der Waals surface area contributed by atoms with Gasteiger partial charge in [0.1, 0.15) is 6.54 Å². The monoisotopic (exact) mass is 406 g/mol. The van der Waals surface area contributed by atoms with Gasteiger partial charge in [-0.15, -0.1) is 11.3 Å². The molecule has 1 unspecified atom stereocenters. The highest BCUT2D eigenvalue weighted by Gasteiger charge is 2.36. The molecule has 1 fully saturated rings. The number of carbonyl (C=O) groups excluding carboxylic acids is 3. The lowest BCUT2D eigenvalue weighted by molar-refractivity contribution is -0.129. The molecule has 26 heavy (non-hydrogen) atoms. The zero-order chi connectivity index (χ0) is 18.7. The van der Waals surface area contributed by atoms with E-state index in [4.69, 9.17) is 11.6 Å². The number of amides is 3. The van der Waals surface area contributed by atoms with E-state index in [1.165, 1.54) is 11.3 Å². The lowest BCUT2D eigenvalue weighted by Crippen LogP contribution is -2.40. The van der Waals surface area contributed by atoms with Crippen LogP contribution in [0.25, 0.3) is 6.08 Å². The molecule has 1 aliphatic rings. The fourth-order valence-electron chi connectivity index (χ4n) is 2.40. The van der Waals surface area contributed by atoms with Gasteiger partial charge in [-0.25, -0.2) is 0 Å². The number of nitrogens with one attached hydrogen (secondary N) is 1. The van der Waals surface area contributed by atoms with Crippen molar-refractivity contribution in [3.05, 3.63) is 62.1 Å². The Morgan fingerprint density at radius 1 is 1.27 bits per heavy atom. The van der Waals surface area contributed by atoms with Gasteiger partial charge in [0.15, 0.2) is 0 Å². The molecule has 0 bridgehead atoms. The molecule has 1 saturated heterocycles. The maximum absolute atomic E-state index is 12.4. The van der Waals surface area contributed by atoms with Crippen molar-refractivity contribution in [2.24, 2.45) is 0 Å². The van der Waals surface area contributed by atoms with E-state index in [9.17, 15) is 14.4 Å². The van der Waals surface area contributed by atoms with E-state index in [1.54, 1.807) is 18.2 Å². The summed E-state index contributed by atoms with van der Waals surface area (Å²) in [4.78, 5) is 38.9. The number of thiophene rings is 1. The van der Waals surface area contributed by atoms with Crippen LogP contribution in [0.5, 0.6) is 0 Å². The summed E-state index contributed by atoms with van der Waals surface area (Å²) in [7, 11) is 0. The Bertz CT molecular complexity index is 863. The van der Waals surface area contributed by atoms with Gasteiger partial charge < -0.3 is 5.32 Å². The van der Waals surface area contributed by atoms with E-state index in [1.807, 2.05) is 36.6 Å². The van der Waals surface area contributed by atoms with Crippen LogP contribution in [-0.2, 0) is 9.59 Å². The van der Waals surface area contributed by atoms with Gasteiger partial charge in [-0.05, 0) is 53.9 Å². The molecule has 0 radical (unpaired) electrons. The first-order chi connectivity index (χ1) is 12.4. The number of nitrogens with zero attached hydrogens (tertiary/aromatic N) is 1. The fourth-order valence-corrected chi connectivity index (χ4v) is 4.09. The number of imide groups is 1.